The van der Waals surface area contributed by atoms with Crippen molar-refractivity contribution in [3.63, 3.8) is 0 Å². The predicted octanol–water partition coefficient (Wildman–Crippen LogP) is 2.81. The third-order valence-corrected chi connectivity index (χ3v) is 3.54. The van der Waals surface area contributed by atoms with Crippen molar-refractivity contribution in [3.8, 4) is 11.9 Å². The lowest BCUT2D eigenvalue weighted by Crippen LogP contribution is -2.24. The molecule has 0 unspecified atom stereocenters. The first kappa shape index (κ1) is 15.5. The van der Waals surface area contributed by atoms with Gasteiger partial charge in [-0.2, -0.15) is 5.26 Å². The quantitative estimate of drug-likeness (QED) is 0.884. The van der Waals surface area contributed by atoms with E-state index < -0.39 is 5.56 Å². The van der Waals surface area contributed by atoms with Gasteiger partial charge in [-0.1, -0.05) is 17.7 Å². The largest absolute Gasteiger partial charge is 0.494 e. The Labute approximate surface area is 128 Å². The fourth-order valence-electron chi connectivity index (χ4n) is 2.19. The summed E-state index contributed by atoms with van der Waals surface area (Å²) in [5.74, 6) is -0.167. The van der Waals surface area contributed by atoms with Crippen molar-refractivity contribution < 1.29 is 5.11 Å². The first-order valence-electron chi connectivity index (χ1n) is 6.96. The Morgan fingerprint density at radius 1 is 1.32 bits per heavy atom. The molecule has 0 saturated carbocycles. The minimum atomic E-state index is -0.479. The molecule has 0 spiro atoms. The van der Waals surface area contributed by atoms with Crippen LogP contribution in [0.2, 0.25) is 0 Å². The van der Waals surface area contributed by atoms with E-state index in [4.69, 9.17) is 5.26 Å². The summed E-state index contributed by atoms with van der Waals surface area (Å²) >= 11 is 0. The second-order valence-corrected chi connectivity index (χ2v) is 4.99. The van der Waals surface area contributed by atoms with E-state index >= 15 is 0 Å². The molecule has 112 valence electrons. The van der Waals surface area contributed by atoms with Gasteiger partial charge >= 0.3 is 0 Å². The van der Waals surface area contributed by atoms with E-state index in [0.717, 1.165) is 11.3 Å². The average Bonchev–Trinajstić information content (AvgIpc) is 2.50. The summed E-state index contributed by atoms with van der Waals surface area (Å²) in [4.78, 5) is 16.4. The van der Waals surface area contributed by atoms with Crippen LogP contribution in [-0.4, -0.2) is 15.9 Å². The van der Waals surface area contributed by atoms with E-state index in [1.807, 2.05) is 37.3 Å². The number of aromatic nitrogens is 1. The molecule has 0 aliphatic carbocycles. The van der Waals surface area contributed by atoms with E-state index in [2.05, 4.69) is 4.99 Å². The number of aryl methyl sites for hydroxylation is 1. The maximum atomic E-state index is 12.1. The maximum absolute atomic E-state index is 12.1. The SMILES string of the molecule is CCn1c(O)c(C=Nc2ccc(C)cc2)c(C)c(C#N)c1=O. The zero-order valence-electron chi connectivity index (χ0n) is 12.8. The van der Waals surface area contributed by atoms with Gasteiger partial charge in [0.05, 0.1) is 11.3 Å². The van der Waals surface area contributed by atoms with E-state index in [9.17, 15) is 9.90 Å². The molecule has 0 fully saturated rings. The second kappa shape index (κ2) is 6.27. The van der Waals surface area contributed by atoms with Crippen LogP contribution in [0.5, 0.6) is 5.88 Å². The van der Waals surface area contributed by atoms with Crippen molar-refractivity contribution in [2.45, 2.75) is 27.3 Å². The van der Waals surface area contributed by atoms with E-state index in [-0.39, 0.29) is 18.0 Å². The van der Waals surface area contributed by atoms with Crippen molar-refractivity contribution in [1.82, 2.24) is 4.57 Å². The molecule has 5 heteroatoms. The smallest absolute Gasteiger partial charge is 0.271 e. The van der Waals surface area contributed by atoms with Crippen LogP contribution in [0, 0.1) is 25.2 Å². The Kier molecular flexibility index (Phi) is 4.42. The fourth-order valence-corrected chi connectivity index (χ4v) is 2.19. The van der Waals surface area contributed by atoms with Gasteiger partial charge in [0.15, 0.2) is 0 Å². The van der Waals surface area contributed by atoms with Gasteiger partial charge in [-0.3, -0.25) is 14.4 Å². The van der Waals surface area contributed by atoms with Crippen molar-refractivity contribution in [1.29, 1.82) is 5.26 Å². The number of pyridine rings is 1. The summed E-state index contributed by atoms with van der Waals surface area (Å²) < 4.78 is 1.17. The lowest BCUT2D eigenvalue weighted by Gasteiger charge is -2.12. The number of nitriles is 1. The molecule has 0 bridgehead atoms. The summed E-state index contributed by atoms with van der Waals surface area (Å²) in [6.07, 6.45) is 1.49. The van der Waals surface area contributed by atoms with Crippen molar-refractivity contribution in [3.05, 3.63) is 56.9 Å². The monoisotopic (exact) mass is 295 g/mol. The number of benzene rings is 1. The summed E-state index contributed by atoms with van der Waals surface area (Å²) in [7, 11) is 0. The van der Waals surface area contributed by atoms with Gasteiger partial charge in [0.25, 0.3) is 5.56 Å². The minimum absolute atomic E-state index is 0.0324. The van der Waals surface area contributed by atoms with Gasteiger partial charge in [0.1, 0.15) is 11.6 Å². The van der Waals surface area contributed by atoms with Crippen LogP contribution < -0.4 is 5.56 Å². The predicted molar refractivity (Wildman–Crippen MR) is 85.9 cm³/mol. The first-order chi connectivity index (χ1) is 10.5. The van der Waals surface area contributed by atoms with Crippen LogP contribution in [0.3, 0.4) is 0 Å². The topological polar surface area (TPSA) is 78.4 Å². The number of aromatic hydroxyl groups is 1. The third kappa shape index (κ3) is 2.77. The number of hydrogen-bond acceptors (Lipinski definition) is 4. The Morgan fingerprint density at radius 2 is 1.95 bits per heavy atom. The van der Waals surface area contributed by atoms with Crippen LogP contribution in [-0.2, 0) is 6.54 Å². The molecule has 0 atom stereocenters. The highest BCUT2D eigenvalue weighted by atomic mass is 16.3. The molecule has 0 saturated heterocycles. The molecule has 1 heterocycles. The van der Waals surface area contributed by atoms with Gasteiger partial charge < -0.3 is 5.11 Å². The summed E-state index contributed by atoms with van der Waals surface area (Å²) in [5, 5.41) is 19.4. The highest BCUT2D eigenvalue weighted by Gasteiger charge is 2.16. The van der Waals surface area contributed by atoms with Crippen LogP contribution in [0.25, 0.3) is 0 Å². The number of nitrogens with zero attached hydrogens (tertiary/aromatic N) is 3. The van der Waals surface area contributed by atoms with Crippen LogP contribution >= 0.6 is 0 Å². The van der Waals surface area contributed by atoms with E-state index in [1.165, 1.54) is 10.8 Å². The van der Waals surface area contributed by atoms with Crippen LogP contribution in [0.15, 0.2) is 34.1 Å². The van der Waals surface area contributed by atoms with Gasteiger partial charge in [0, 0.05) is 12.8 Å². The normalized spacial score (nSPS) is 10.8. The molecule has 0 aliphatic rings. The lowest BCUT2D eigenvalue weighted by atomic mass is 10.1. The summed E-state index contributed by atoms with van der Waals surface area (Å²) in [5.41, 5.74) is 2.24. The van der Waals surface area contributed by atoms with Crippen molar-refractivity contribution in [2.24, 2.45) is 4.99 Å². The van der Waals surface area contributed by atoms with Crippen molar-refractivity contribution in [2.75, 3.05) is 0 Å². The second-order valence-electron chi connectivity index (χ2n) is 4.99. The Morgan fingerprint density at radius 3 is 2.50 bits per heavy atom. The Balaban J connectivity index is 2.58. The zero-order chi connectivity index (χ0) is 16.3. The summed E-state index contributed by atoms with van der Waals surface area (Å²) in [6, 6.07) is 9.50. The Bertz CT molecular complexity index is 825. The molecule has 1 N–H and O–H groups in total. The number of aliphatic imine (C=N–C) groups is 1. The molecule has 1 aromatic heterocycles. The Hall–Kier alpha value is -2.87. The molecule has 2 aromatic rings. The lowest BCUT2D eigenvalue weighted by molar-refractivity contribution is 0.409. The first-order valence-corrected chi connectivity index (χ1v) is 6.96. The standard InChI is InChI=1S/C17H17N3O2/c1-4-20-16(21)14(9-18)12(3)15(17(20)22)10-19-13-7-5-11(2)6-8-13/h5-8,10,22H,4H2,1-3H3. The number of hydrogen-bond donors (Lipinski definition) is 1. The molecule has 1 aromatic carbocycles. The van der Waals surface area contributed by atoms with Crippen molar-refractivity contribution >= 4 is 11.9 Å². The molecule has 0 radical (unpaired) electrons. The van der Waals surface area contributed by atoms with Crippen LogP contribution in [0.4, 0.5) is 5.69 Å². The molecule has 0 aliphatic heterocycles. The molecule has 0 amide bonds. The maximum Gasteiger partial charge on any atom is 0.271 e. The molecular weight excluding hydrogens is 278 g/mol. The highest BCUT2D eigenvalue weighted by molar-refractivity contribution is 5.87. The molecule has 5 nitrogen and oxygen atoms in total. The molecule has 2 rings (SSSR count). The average molecular weight is 295 g/mol. The van der Waals surface area contributed by atoms with Gasteiger partial charge in [-0.05, 0) is 38.5 Å². The third-order valence-electron chi connectivity index (χ3n) is 3.54. The van der Waals surface area contributed by atoms with E-state index in [0.29, 0.717) is 11.1 Å². The summed E-state index contributed by atoms with van der Waals surface area (Å²) in [6.45, 7) is 5.64. The minimum Gasteiger partial charge on any atom is -0.494 e. The van der Waals surface area contributed by atoms with E-state index in [1.54, 1.807) is 13.8 Å². The van der Waals surface area contributed by atoms with Gasteiger partial charge in [-0.15, -0.1) is 0 Å². The fraction of sp³-hybridized carbons (Fsp3) is 0.235. The van der Waals surface area contributed by atoms with Gasteiger partial charge in [0.2, 0.25) is 5.88 Å². The zero-order valence-corrected chi connectivity index (χ0v) is 12.8. The highest BCUT2D eigenvalue weighted by Crippen LogP contribution is 2.21. The molecule has 22 heavy (non-hydrogen) atoms. The van der Waals surface area contributed by atoms with Crippen LogP contribution in [0.1, 0.15) is 29.2 Å². The number of rotatable bonds is 3. The molecular formula is C17H17N3O2. The van der Waals surface area contributed by atoms with Gasteiger partial charge in [-0.25, -0.2) is 0 Å².